The molecule has 26 heavy (non-hydrogen) atoms. The van der Waals surface area contributed by atoms with Crippen LogP contribution < -0.4 is 5.32 Å². The van der Waals surface area contributed by atoms with Gasteiger partial charge in [-0.05, 0) is 29.8 Å². The quantitative estimate of drug-likeness (QED) is 0.500. The van der Waals surface area contributed by atoms with Crippen LogP contribution in [0.2, 0.25) is 5.28 Å². The molecule has 0 bridgehead atoms. The largest absolute Gasteiger partial charge is 0.445 e. The summed E-state index contributed by atoms with van der Waals surface area (Å²) >= 11 is 7.13. The molecule has 0 saturated heterocycles. The van der Waals surface area contributed by atoms with E-state index in [1.807, 2.05) is 0 Å². The van der Waals surface area contributed by atoms with E-state index in [-0.39, 0.29) is 23.1 Å². The summed E-state index contributed by atoms with van der Waals surface area (Å²) in [5, 5.41) is 2.45. The number of halogens is 2. The number of anilines is 1. The van der Waals surface area contributed by atoms with Crippen LogP contribution in [0, 0.1) is 5.82 Å². The van der Waals surface area contributed by atoms with Crippen LogP contribution in [0.1, 0.15) is 0 Å². The number of carbonyl (C=O) groups excluding carboxylic acids is 1. The van der Waals surface area contributed by atoms with E-state index in [0.29, 0.717) is 16.3 Å². The van der Waals surface area contributed by atoms with Crippen LogP contribution in [0.4, 0.5) is 14.9 Å². The lowest BCUT2D eigenvalue weighted by Gasteiger charge is -2.10. The monoisotopic (exact) mass is 390 g/mol. The summed E-state index contributed by atoms with van der Waals surface area (Å²) in [4.78, 5) is 24.5. The van der Waals surface area contributed by atoms with E-state index in [2.05, 4.69) is 26.8 Å². The zero-order valence-corrected chi connectivity index (χ0v) is 14.9. The maximum absolute atomic E-state index is 14.9. The van der Waals surface area contributed by atoms with Gasteiger partial charge in [0.1, 0.15) is 6.61 Å². The van der Waals surface area contributed by atoms with Gasteiger partial charge in [-0.2, -0.15) is 0 Å². The molecule has 2 aromatic heterocycles. The second kappa shape index (κ2) is 8.03. The molecule has 0 aliphatic heterocycles. The molecule has 132 valence electrons. The van der Waals surface area contributed by atoms with Crippen LogP contribution in [-0.4, -0.2) is 27.7 Å². The normalized spacial score (nSPS) is 10.4. The zero-order chi connectivity index (χ0) is 18.5. The number of rotatable bonds is 5. The fourth-order valence-electron chi connectivity index (χ4n) is 2.17. The summed E-state index contributed by atoms with van der Waals surface area (Å²) in [6, 6.07) is 6.27. The first-order valence-corrected chi connectivity index (χ1v) is 8.62. The highest BCUT2D eigenvalue weighted by Crippen LogP contribution is 2.36. The molecule has 0 saturated carbocycles. The highest BCUT2D eigenvalue weighted by atomic mass is 35.5. The van der Waals surface area contributed by atoms with Crippen molar-refractivity contribution in [3.05, 3.63) is 59.7 Å². The lowest BCUT2D eigenvalue weighted by atomic mass is 10.1. The molecular formula is C17H12ClFN4O2S. The maximum Gasteiger partial charge on any atom is 0.412 e. The molecule has 1 amide bonds. The van der Waals surface area contributed by atoms with E-state index >= 15 is 0 Å². The smallest absolute Gasteiger partial charge is 0.412 e. The van der Waals surface area contributed by atoms with E-state index in [1.165, 1.54) is 29.7 Å². The van der Waals surface area contributed by atoms with Gasteiger partial charge < -0.3 is 4.74 Å². The van der Waals surface area contributed by atoms with Crippen molar-refractivity contribution >= 4 is 34.7 Å². The van der Waals surface area contributed by atoms with Crippen LogP contribution >= 0.6 is 22.9 Å². The summed E-state index contributed by atoms with van der Waals surface area (Å²) in [5.41, 5.74) is 2.71. The Kier molecular flexibility index (Phi) is 5.55. The molecule has 6 nitrogen and oxygen atoms in total. The molecule has 1 N–H and O–H groups in total. The summed E-state index contributed by atoms with van der Waals surface area (Å²) in [5.74, 6) is -0.629. The zero-order valence-electron chi connectivity index (χ0n) is 13.3. The molecule has 0 radical (unpaired) electrons. The van der Waals surface area contributed by atoms with E-state index in [1.54, 1.807) is 23.7 Å². The highest BCUT2D eigenvalue weighted by molar-refractivity contribution is 7.13. The van der Waals surface area contributed by atoms with Crippen molar-refractivity contribution in [1.29, 1.82) is 0 Å². The number of amides is 1. The van der Waals surface area contributed by atoms with Crippen molar-refractivity contribution in [2.24, 2.45) is 0 Å². The highest BCUT2D eigenvalue weighted by Gasteiger charge is 2.19. The first kappa shape index (κ1) is 18.0. The van der Waals surface area contributed by atoms with Gasteiger partial charge in [0, 0.05) is 11.8 Å². The van der Waals surface area contributed by atoms with Crippen LogP contribution in [-0.2, 0) is 4.74 Å². The predicted molar refractivity (Wildman–Crippen MR) is 98.7 cm³/mol. The van der Waals surface area contributed by atoms with E-state index in [4.69, 9.17) is 16.3 Å². The van der Waals surface area contributed by atoms with Gasteiger partial charge in [-0.1, -0.05) is 18.7 Å². The Morgan fingerprint density at radius 3 is 3.00 bits per heavy atom. The number of thiazole rings is 1. The molecule has 0 aliphatic rings. The van der Waals surface area contributed by atoms with E-state index in [0.717, 1.165) is 0 Å². The second-order valence-corrected chi connectivity index (χ2v) is 6.11. The van der Waals surface area contributed by atoms with Crippen molar-refractivity contribution < 1.29 is 13.9 Å². The van der Waals surface area contributed by atoms with Gasteiger partial charge in [0.15, 0.2) is 5.82 Å². The number of nitrogens with one attached hydrogen (secondary N) is 1. The Bertz CT molecular complexity index is 963. The molecule has 0 fully saturated rings. The third kappa shape index (κ3) is 3.87. The molecule has 0 aliphatic carbocycles. The fraction of sp³-hybridized carbons (Fsp3) is 0.0588. The number of benzene rings is 1. The van der Waals surface area contributed by atoms with E-state index in [9.17, 15) is 9.18 Å². The molecule has 3 aromatic rings. The number of aromatic nitrogens is 3. The topological polar surface area (TPSA) is 77.0 Å². The van der Waals surface area contributed by atoms with Crippen LogP contribution in [0.25, 0.3) is 21.8 Å². The van der Waals surface area contributed by atoms with E-state index < -0.39 is 11.9 Å². The lowest BCUT2D eigenvalue weighted by Crippen LogP contribution is -2.14. The standard InChI is InChI=1S/C17H12ClFN4O2S/c1-2-8-25-17(24)23-11-5-3-4-10(13(11)19)14-15(26-9-21-14)12-6-7-20-16(18)22-12/h2-7,9H,1,8H2,(H,23,24). The Balaban J connectivity index is 1.96. The molecular weight excluding hydrogens is 379 g/mol. The summed E-state index contributed by atoms with van der Waals surface area (Å²) < 4.78 is 19.7. The number of nitrogens with zero attached hydrogens (tertiary/aromatic N) is 3. The average molecular weight is 391 g/mol. The first-order chi connectivity index (χ1) is 12.6. The predicted octanol–water partition coefficient (Wildman–Crippen LogP) is 4.79. The van der Waals surface area contributed by atoms with Crippen molar-refractivity contribution in [3.63, 3.8) is 0 Å². The minimum atomic E-state index is -0.776. The molecule has 1 aromatic carbocycles. The van der Waals surface area contributed by atoms with Crippen LogP contribution in [0.3, 0.4) is 0 Å². The molecule has 3 rings (SSSR count). The molecule has 9 heteroatoms. The van der Waals surface area contributed by atoms with Crippen molar-refractivity contribution in [2.45, 2.75) is 0 Å². The Labute approximate surface area is 157 Å². The maximum atomic E-state index is 14.9. The van der Waals surface area contributed by atoms with Gasteiger partial charge in [-0.25, -0.2) is 24.1 Å². The van der Waals surface area contributed by atoms with Crippen molar-refractivity contribution in [2.75, 3.05) is 11.9 Å². The van der Waals surface area contributed by atoms with Gasteiger partial charge in [0.2, 0.25) is 5.28 Å². The fourth-order valence-corrected chi connectivity index (χ4v) is 3.09. The van der Waals surface area contributed by atoms with Gasteiger partial charge >= 0.3 is 6.09 Å². The summed E-state index contributed by atoms with van der Waals surface area (Å²) in [6.45, 7) is 3.47. The third-order valence-corrected chi connectivity index (χ3v) is 4.28. The van der Waals surface area contributed by atoms with Crippen molar-refractivity contribution in [1.82, 2.24) is 15.0 Å². The van der Waals surface area contributed by atoms with Crippen LogP contribution in [0.5, 0.6) is 0 Å². The number of hydrogen-bond donors (Lipinski definition) is 1. The SMILES string of the molecule is C=CCOC(=O)Nc1cccc(-c2ncsc2-c2ccnc(Cl)n2)c1F. The first-order valence-electron chi connectivity index (χ1n) is 7.36. The molecule has 0 atom stereocenters. The number of carbonyl (C=O) groups is 1. The average Bonchev–Trinajstić information content (AvgIpc) is 3.11. The number of ether oxygens (including phenoxy) is 1. The van der Waals surface area contributed by atoms with Gasteiger partial charge in [0.05, 0.1) is 27.5 Å². The molecule has 0 unspecified atom stereocenters. The Morgan fingerprint density at radius 1 is 1.38 bits per heavy atom. The Morgan fingerprint density at radius 2 is 2.23 bits per heavy atom. The molecule has 2 heterocycles. The van der Waals surface area contributed by atoms with Crippen molar-refractivity contribution in [3.8, 4) is 21.8 Å². The second-order valence-electron chi connectivity index (χ2n) is 4.92. The van der Waals surface area contributed by atoms with Gasteiger partial charge in [-0.3, -0.25) is 5.32 Å². The Hall–Kier alpha value is -2.84. The van der Waals surface area contributed by atoms with Gasteiger partial charge in [-0.15, -0.1) is 11.3 Å². The van der Waals surface area contributed by atoms with Crippen LogP contribution in [0.15, 0.2) is 48.6 Å². The summed E-state index contributed by atoms with van der Waals surface area (Å²) in [6.07, 6.45) is 2.15. The minimum Gasteiger partial charge on any atom is -0.445 e. The summed E-state index contributed by atoms with van der Waals surface area (Å²) in [7, 11) is 0. The molecule has 0 spiro atoms. The lowest BCUT2D eigenvalue weighted by molar-refractivity contribution is 0.174. The number of hydrogen-bond acceptors (Lipinski definition) is 6. The third-order valence-electron chi connectivity index (χ3n) is 3.25. The van der Waals surface area contributed by atoms with Gasteiger partial charge in [0.25, 0.3) is 0 Å². The minimum absolute atomic E-state index is 0.0174.